The summed E-state index contributed by atoms with van der Waals surface area (Å²) in [5.74, 6) is -0.126. The number of methoxy groups -OCH3 is 2. The molecule has 0 aliphatic heterocycles. The Balaban J connectivity index is 2.64. The van der Waals surface area contributed by atoms with E-state index < -0.39 is 5.82 Å². The summed E-state index contributed by atoms with van der Waals surface area (Å²) in [5.41, 5.74) is 11.3. The molecular formula is C12H13FN4O2. The van der Waals surface area contributed by atoms with E-state index in [4.69, 9.17) is 20.9 Å². The van der Waals surface area contributed by atoms with Gasteiger partial charge in [-0.15, -0.1) is 0 Å². The van der Waals surface area contributed by atoms with Crippen molar-refractivity contribution in [2.24, 2.45) is 0 Å². The van der Waals surface area contributed by atoms with Gasteiger partial charge >= 0.3 is 0 Å². The Morgan fingerprint density at radius 3 is 2.11 bits per heavy atom. The Kier molecular flexibility index (Phi) is 3.37. The molecule has 0 saturated carbocycles. The van der Waals surface area contributed by atoms with Crippen molar-refractivity contribution >= 4 is 11.8 Å². The second-order valence-corrected chi connectivity index (χ2v) is 3.73. The van der Waals surface area contributed by atoms with Crippen LogP contribution >= 0.6 is 0 Å². The summed E-state index contributed by atoms with van der Waals surface area (Å²) in [4.78, 5) is 7.41. The first-order valence-corrected chi connectivity index (χ1v) is 5.37. The van der Waals surface area contributed by atoms with Crippen LogP contribution in [0.15, 0.2) is 18.2 Å². The number of rotatable bonds is 3. The summed E-state index contributed by atoms with van der Waals surface area (Å²) in [6.45, 7) is 0. The molecule has 1 aromatic carbocycles. The molecule has 0 aliphatic carbocycles. The van der Waals surface area contributed by atoms with Crippen molar-refractivity contribution in [3.05, 3.63) is 24.0 Å². The minimum atomic E-state index is -0.732. The molecule has 0 atom stereocenters. The third kappa shape index (κ3) is 2.49. The molecule has 0 spiro atoms. The molecule has 7 heteroatoms. The third-order valence-electron chi connectivity index (χ3n) is 2.52. The Hall–Kier alpha value is -2.57. The van der Waals surface area contributed by atoms with Crippen LogP contribution in [-0.2, 0) is 0 Å². The lowest BCUT2D eigenvalue weighted by Gasteiger charge is -2.09. The summed E-state index contributed by atoms with van der Waals surface area (Å²) in [7, 11) is 3.00. The van der Waals surface area contributed by atoms with Crippen LogP contribution in [0.4, 0.5) is 16.2 Å². The largest absolute Gasteiger partial charge is 0.497 e. The van der Waals surface area contributed by atoms with Crippen molar-refractivity contribution in [3.63, 3.8) is 0 Å². The maximum Gasteiger partial charge on any atom is 0.222 e. The Labute approximate surface area is 109 Å². The van der Waals surface area contributed by atoms with Gasteiger partial charge in [0.2, 0.25) is 5.95 Å². The highest BCUT2D eigenvalue weighted by Gasteiger charge is 2.15. The number of nitrogen functional groups attached to an aromatic ring is 2. The average Bonchev–Trinajstić information content (AvgIpc) is 2.42. The Morgan fingerprint density at radius 2 is 1.58 bits per heavy atom. The maximum absolute atomic E-state index is 14.0. The van der Waals surface area contributed by atoms with Gasteiger partial charge in [0.25, 0.3) is 0 Å². The number of halogens is 1. The summed E-state index contributed by atoms with van der Waals surface area (Å²) >= 11 is 0. The molecule has 1 heterocycles. The third-order valence-corrected chi connectivity index (χ3v) is 2.52. The minimum absolute atomic E-state index is 0.00204. The topological polar surface area (TPSA) is 96.3 Å². The number of aromatic nitrogens is 2. The summed E-state index contributed by atoms with van der Waals surface area (Å²) in [6, 6.07) is 4.87. The van der Waals surface area contributed by atoms with E-state index in [0.717, 1.165) is 0 Å². The van der Waals surface area contributed by atoms with E-state index in [9.17, 15) is 4.39 Å². The van der Waals surface area contributed by atoms with Crippen molar-refractivity contribution < 1.29 is 13.9 Å². The number of anilines is 2. The number of hydrogen-bond acceptors (Lipinski definition) is 6. The van der Waals surface area contributed by atoms with Crippen LogP contribution in [-0.4, -0.2) is 24.2 Å². The maximum atomic E-state index is 14.0. The Bertz CT molecular complexity index is 597. The van der Waals surface area contributed by atoms with Crippen LogP contribution < -0.4 is 20.9 Å². The van der Waals surface area contributed by atoms with Gasteiger partial charge in [0.05, 0.1) is 14.2 Å². The molecule has 0 saturated heterocycles. The van der Waals surface area contributed by atoms with E-state index in [-0.39, 0.29) is 17.5 Å². The number of benzene rings is 1. The zero-order valence-electron chi connectivity index (χ0n) is 10.5. The zero-order valence-corrected chi connectivity index (χ0v) is 10.5. The quantitative estimate of drug-likeness (QED) is 0.871. The van der Waals surface area contributed by atoms with Crippen LogP contribution in [0.3, 0.4) is 0 Å². The van der Waals surface area contributed by atoms with E-state index >= 15 is 0 Å². The molecule has 2 rings (SSSR count). The molecule has 19 heavy (non-hydrogen) atoms. The molecule has 6 nitrogen and oxygen atoms in total. The van der Waals surface area contributed by atoms with Crippen molar-refractivity contribution in [1.82, 2.24) is 9.97 Å². The van der Waals surface area contributed by atoms with Crippen molar-refractivity contribution in [1.29, 1.82) is 0 Å². The van der Waals surface area contributed by atoms with Crippen molar-refractivity contribution in [2.45, 2.75) is 0 Å². The fourth-order valence-electron chi connectivity index (χ4n) is 1.62. The predicted octanol–water partition coefficient (Wildman–Crippen LogP) is 1.46. The second kappa shape index (κ2) is 4.97. The highest BCUT2D eigenvalue weighted by atomic mass is 19.1. The van der Waals surface area contributed by atoms with Crippen LogP contribution in [0.2, 0.25) is 0 Å². The van der Waals surface area contributed by atoms with Gasteiger partial charge in [-0.25, -0.2) is 9.37 Å². The molecule has 4 N–H and O–H groups in total. The molecule has 0 amide bonds. The molecular weight excluding hydrogens is 251 g/mol. The average molecular weight is 264 g/mol. The highest BCUT2D eigenvalue weighted by Crippen LogP contribution is 2.31. The molecule has 0 fully saturated rings. The number of nitrogens with zero attached hydrogens (tertiary/aromatic N) is 2. The van der Waals surface area contributed by atoms with E-state index in [1.807, 2.05) is 0 Å². The van der Waals surface area contributed by atoms with Crippen LogP contribution in [0.25, 0.3) is 11.3 Å². The van der Waals surface area contributed by atoms with Crippen molar-refractivity contribution in [2.75, 3.05) is 25.7 Å². The van der Waals surface area contributed by atoms with Gasteiger partial charge in [-0.2, -0.15) is 4.98 Å². The van der Waals surface area contributed by atoms with Gasteiger partial charge in [0.1, 0.15) is 17.2 Å². The first kappa shape index (κ1) is 12.9. The SMILES string of the molecule is COc1cc(OC)cc(-c2nc(N)nc(N)c2F)c1. The van der Waals surface area contributed by atoms with E-state index in [1.54, 1.807) is 18.2 Å². The smallest absolute Gasteiger partial charge is 0.222 e. The minimum Gasteiger partial charge on any atom is -0.497 e. The van der Waals surface area contributed by atoms with Gasteiger partial charge in [0, 0.05) is 11.6 Å². The molecule has 100 valence electrons. The highest BCUT2D eigenvalue weighted by molar-refractivity contribution is 5.67. The van der Waals surface area contributed by atoms with Gasteiger partial charge in [-0.05, 0) is 12.1 Å². The van der Waals surface area contributed by atoms with E-state index in [2.05, 4.69) is 9.97 Å². The zero-order chi connectivity index (χ0) is 14.0. The molecule has 1 aromatic heterocycles. The van der Waals surface area contributed by atoms with Crippen LogP contribution in [0.1, 0.15) is 0 Å². The molecule has 0 radical (unpaired) electrons. The summed E-state index contributed by atoms with van der Waals surface area (Å²) < 4.78 is 24.2. The first-order chi connectivity index (χ1) is 9.05. The van der Waals surface area contributed by atoms with Crippen molar-refractivity contribution in [3.8, 4) is 22.8 Å². The molecule has 0 unspecified atom stereocenters. The van der Waals surface area contributed by atoms with Crippen LogP contribution in [0, 0.1) is 5.82 Å². The number of nitrogens with two attached hydrogens (primary N) is 2. The van der Waals surface area contributed by atoms with Gasteiger partial charge in [0.15, 0.2) is 11.6 Å². The lowest BCUT2D eigenvalue weighted by molar-refractivity contribution is 0.394. The van der Waals surface area contributed by atoms with Crippen LogP contribution in [0.5, 0.6) is 11.5 Å². The lowest BCUT2D eigenvalue weighted by Crippen LogP contribution is -2.05. The van der Waals surface area contributed by atoms with E-state index in [1.165, 1.54) is 14.2 Å². The number of ether oxygens (including phenoxy) is 2. The van der Waals surface area contributed by atoms with Gasteiger partial charge in [-0.3, -0.25) is 0 Å². The predicted molar refractivity (Wildman–Crippen MR) is 69.4 cm³/mol. The number of hydrogen-bond donors (Lipinski definition) is 2. The second-order valence-electron chi connectivity index (χ2n) is 3.73. The summed E-state index contributed by atoms with van der Waals surface area (Å²) in [6.07, 6.45) is 0. The van der Waals surface area contributed by atoms with E-state index in [0.29, 0.717) is 17.1 Å². The fourth-order valence-corrected chi connectivity index (χ4v) is 1.62. The van der Waals surface area contributed by atoms with Gasteiger partial charge in [-0.1, -0.05) is 0 Å². The Morgan fingerprint density at radius 1 is 1.00 bits per heavy atom. The fraction of sp³-hybridized carbons (Fsp3) is 0.167. The molecule has 0 aliphatic rings. The van der Waals surface area contributed by atoms with Gasteiger partial charge < -0.3 is 20.9 Å². The lowest BCUT2D eigenvalue weighted by atomic mass is 10.1. The molecule has 0 bridgehead atoms. The molecule has 2 aromatic rings. The first-order valence-electron chi connectivity index (χ1n) is 5.37. The summed E-state index contributed by atoms with van der Waals surface area (Å²) in [5, 5.41) is 0. The normalized spacial score (nSPS) is 10.3. The monoisotopic (exact) mass is 264 g/mol. The standard InChI is InChI=1S/C12H13FN4O2/c1-18-7-3-6(4-8(5-7)19-2)10-9(13)11(14)17-12(15)16-10/h3-5H,1-2H3,(H4,14,15,16,17).